The third-order valence-corrected chi connectivity index (χ3v) is 5.72. The summed E-state index contributed by atoms with van der Waals surface area (Å²) in [5.41, 5.74) is 0.858. The highest BCUT2D eigenvalue weighted by molar-refractivity contribution is 7.94. The standard InChI is InChI=1S/C14H20N4O2S2/c1-11-4-7-14(21-11)22(19,20)17-13-6-5-12(10-16-13)15-8-9-18(2)3/h4-7,10,15H,8-9H2,1-3H3,(H,16,17). The number of likely N-dealkylation sites (N-methyl/N-ethyl adjacent to an activating group) is 1. The molecule has 2 N–H and O–H groups in total. The van der Waals surface area contributed by atoms with Crippen LogP contribution < -0.4 is 10.0 Å². The molecule has 8 heteroatoms. The molecule has 0 aliphatic rings. The SMILES string of the molecule is Cc1ccc(S(=O)(=O)Nc2ccc(NCCN(C)C)cn2)s1. The van der Waals surface area contributed by atoms with Crippen molar-refractivity contribution in [2.24, 2.45) is 0 Å². The summed E-state index contributed by atoms with van der Waals surface area (Å²) >= 11 is 1.24. The molecule has 0 atom stereocenters. The number of pyridine rings is 1. The van der Waals surface area contributed by atoms with Crippen molar-refractivity contribution in [2.75, 3.05) is 37.2 Å². The minimum absolute atomic E-state index is 0.292. The summed E-state index contributed by atoms with van der Waals surface area (Å²) in [7, 11) is 0.454. The van der Waals surface area contributed by atoms with Crippen LogP contribution in [0.3, 0.4) is 0 Å². The van der Waals surface area contributed by atoms with Crippen LogP contribution in [0.25, 0.3) is 0 Å². The maximum atomic E-state index is 12.2. The molecule has 0 aliphatic carbocycles. The molecule has 2 rings (SSSR count). The third-order valence-electron chi connectivity index (χ3n) is 2.87. The van der Waals surface area contributed by atoms with Crippen molar-refractivity contribution < 1.29 is 8.42 Å². The van der Waals surface area contributed by atoms with Crippen LogP contribution in [-0.2, 0) is 10.0 Å². The van der Waals surface area contributed by atoms with Crippen molar-refractivity contribution in [2.45, 2.75) is 11.1 Å². The fourth-order valence-electron chi connectivity index (χ4n) is 1.73. The van der Waals surface area contributed by atoms with E-state index in [4.69, 9.17) is 0 Å². The molecular formula is C14H20N4O2S2. The molecule has 0 radical (unpaired) electrons. The summed E-state index contributed by atoms with van der Waals surface area (Å²) in [4.78, 5) is 7.16. The topological polar surface area (TPSA) is 74.3 Å². The van der Waals surface area contributed by atoms with Crippen molar-refractivity contribution in [3.8, 4) is 0 Å². The first kappa shape index (κ1) is 16.7. The van der Waals surface area contributed by atoms with E-state index in [-0.39, 0.29) is 0 Å². The Morgan fingerprint density at radius 3 is 2.55 bits per heavy atom. The van der Waals surface area contributed by atoms with Crippen LogP contribution in [0.2, 0.25) is 0 Å². The molecule has 120 valence electrons. The Balaban J connectivity index is 1.99. The van der Waals surface area contributed by atoms with Gasteiger partial charge in [-0.1, -0.05) is 0 Å². The molecule has 0 spiro atoms. The van der Waals surface area contributed by atoms with E-state index in [0.29, 0.717) is 10.0 Å². The van der Waals surface area contributed by atoms with Crippen LogP contribution in [-0.4, -0.2) is 45.5 Å². The van der Waals surface area contributed by atoms with E-state index in [1.54, 1.807) is 30.5 Å². The fourth-order valence-corrected chi connectivity index (χ4v) is 4.02. The Labute approximate surface area is 135 Å². The van der Waals surface area contributed by atoms with Gasteiger partial charge in [0.25, 0.3) is 10.0 Å². The molecule has 2 aromatic heterocycles. The van der Waals surface area contributed by atoms with E-state index in [0.717, 1.165) is 23.7 Å². The summed E-state index contributed by atoms with van der Waals surface area (Å²) in [6.45, 7) is 3.58. The summed E-state index contributed by atoms with van der Waals surface area (Å²) < 4.78 is 27.1. The zero-order valence-electron chi connectivity index (χ0n) is 12.8. The normalized spacial score (nSPS) is 11.6. The quantitative estimate of drug-likeness (QED) is 0.808. The molecule has 0 amide bonds. The first-order valence-electron chi connectivity index (χ1n) is 6.81. The number of anilines is 2. The van der Waals surface area contributed by atoms with Gasteiger partial charge in [-0.3, -0.25) is 4.72 Å². The Kier molecular flexibility index (Phi) is 5.38. The van der Waals surface area contributed by atoms with Crippen LogP contribution in [0.15, 0.2) is 34.7 Å². The largest absolute Gasteiger partial charge is 0.383 e. The van der Waals surface area contributed by atoms with Gasteiger partial charge in [-0.25, -0.2) is 13.4 Å². The zero-order valence-corrected chi connectivity index (χ0v) is 14.5. The molecule has 6 nitrogen and oxygen atoms in total. The third kappa shape index (κ3) is 4.69. The van der Waals surface area contributed by atoms with E-state index in [1.807, 2.05) is 21.0 Å². The molecule has 0 bridgehead atoms. The number of rotatable bonds is 7. The van der Waals surface area contributed by atoms with E-state index in [2.05, 4.69) is 19.9 Å². The van der Waals surface area contributed by atoms with Crippen LogP contribution in [0, 0.1) is 6.92 Å². The maximum absolute atomic E-state index is 12.2. The lowest BCUT2D eigenvalue weighted by Gasteiger charge is -2.11. The molecule has 0 fully saturated rings. The molecule has 0 saturated heterocycles. The second kappa shape index (κ2) is 7.08. The lowest BCUT2D eigenvalue weighted by molar-refractivity contribution is 0.425. The van der Waals surface area contributed by atoms with Gasteiger partial charge < -0.3 is 10.2 Å². The van der Waals surface area contributed by atoms with Gasteiger partial charge in [0.2, 0.25) is 0 Å². The first-order chi connectivity index (χ1) is 10.4. The fraction of sp³-hybridized carbons (Fsp3) is 0.357. The summed E-state index contributed by atoms with van der Waals surface area (Å²) in [6, 6.07) is 6.83. The predicted octanol–water partition coefficient (Wildman–Crippen LogP) is 2.23. The molecule has 0 unspecified atom stereocenters. The Bertz CT molecular complexity index is 709. The summed E-state index contributed by atoms with van der Waals surface area (Å²) in [5, 5.41) is 3.22. The molecule has 22 heavy (non-hydrogen) atoms. The van der Waals surface area contributed by atoms with Gasteiger partial charge in [0.15, 0.2) is 0 Å². The van der Waals surface area contributed by atoms with Crippen molar-refractivity contribution in [3.63, 3.8) is 0 Å². The number of nitrogens with zero attached hydrogens (tertiary/aromatic N) is 2. The van der Waals surface area contributed by atoms with Gasteiger partial charge in [0, 0.05) is 18.0 Å². The smallest absolute Gasteiger partial charge is 0.272 e. The van der Waals surface area contributed by atoms with Gasteiger partial charge >= 0.3 is 0 Å². The molecule has 0 aliphatic heterocycles. The first-order valence-corrected chi connectivity index (χ1v) is 9.11. The molecule has 0 aromatic carbocycles. The number of nitrogens with one attached hydrogen (secondary N) is 2. The van der Waals surface area contributed by atoms with E-state index in [1.165, 1.54) is 11.3 Å². The Hall–Kier alpha value is -1.64. The molecular weight excluding hydrogens is 320 g/mol. The molecule has 2 aromatic rings. The number of sulfonamides is 1. The van der Waals surface area contributed by atoms with Gasteiger partial charge in [-0.05, 0) is 45.3 Å². The average molecular weight is 340 g/mol. The second-order valence-electron chi connectivity index (χ2n) is 5.13. The number of hydrogen-bond acceptors (Lipinski definition) is 6. The van der Waals surface area contributed by atoms with Gasteiger partial charge in [-0.15, -0.1) is 11.3 Å². The van der Waals surface area contributed by atoms with E-state index < -0.39 is 10.0 Å². The second-order valence-corrected chi connectivity index (χ2v) is 8.33. The lowest BCUT2D eigenvalue weighted by Crippen LogP contribution is -2.20. The monoisotopic (exact) mass is 340 g/mol. The van der Waals surface area contributed by atoms with E-state index >= 15 is 0 Å². The van der Waals surface area contributed by atoms with Gasteiger partial charge in [0.05, 0.1) is 11.9 Å². The highest BCUT2D eigenvalue weighted by atomic mass is 32.2. The Morgan fingerprint density at radius 2 is 2.00 bits per heavy atom. The van der Waals surface area contributed by atoms with Gasteiger partial charge in [0.1, 0.15) is 10.0 Å². The summed E-state index contributed by atoms with van der Waals surface area (Å²) in [5.74, 6) is 0.309. The van der Waals surface area contributed by atoms with Crippen molar-refractivity contribution >= 4 is 32.9 Å². The predicted molar refractivity (Wildman–Crippen MR) is 91.1 cm³/mol. The zero-order chi connectivity index (χ0) is 16.2. The maximum Gasteiger partial charge on any atom is 0.272 e. The summed E-state index contributed by atoms with van der Waals surface area (Å²) in [6.07, 6.45) is 1.62. The van der Waals surface area contributed by atoms with Crippen molar-refractivity contribution in [3.05, 3.63) is 35.3 Å². The number of hydrogen-bond donors (Lipinski definition) is 2. The van der Waals surface area contributed by atoms with Crippen molar-refractivity contribution in [1.29, 1.82) is 0 Å². The van der Waals surface area contributed by atoms with Crippen molar-refractivity contribution in [1.82, 2.24) is 9.88 Å². The lowest BCUT2D eigenvalue weighted by atomic mass is 10.4. The Morgan fingerprint density at radius 1 is 1.23 bits per heavy atom. The number of aryl methyl sites for hydroxylation is 1. The highest BCUT2D eigenvalue weighted by Gasteiger charge is 2.16. The minimum Gasteiger partial charge on any atom is -0.383 e. The van der Waals surface area contributed by atoms with E-state index in [9.17, 15) is 8.42 Å². The minimum atomic E-state index is -3.55. The van der Waals surface area contributed by atoms with Crippen LogP contribution in [0.5, 0.6) is 0 Å². The van der Waals surface area contributed by atoms with Crippen LogP contribution >= 0.6 is 11.3 Å². The van der Waals surface area contributed by atoms with Crippen LogP contribution in [0.4, 0.5) is 11.5 Å². The number of aromatic nitrogens is 1. The number of thiophene rings is 1. The average Bonchev–Trinajstić information content (AvgIpc) is 2.88. The molecule has 0 saturated carbocycles. The highest BCUT2D eigenvalue weighted by Crippen LogP contribution is 2.23. The van der Waals surface area contributed by atoms with Gasteiger partial charge in [-0.2, -0.15) is 0 Å². The van der Waals surface area contributed by atoms with Crippen LogP contribution in [0.1, 0.15) is 4.88 Å². The molecule has 2 heterocycles.